The van der Waals surface area contributed by atoms with Gasteiger partial charge in [-0.05, 0) is 26.7 Å². The van der Waals surface area contributed by atoms with Crippen LogP contribution in [-0.4, -0.2) is 37.4 Å². The van der Waals surface area contributed by atoms with Crippen LogP contribution in [0.3, 0.4) is 0 Å². The third-order valence-electron chi connectivity index (χ3n) is 3.71. The first-order chi connectivity index (χ1) is 8.39. The van der Waals surface area contributed by atoms with Gasteiger partial charge in [-0.25, -0.2) is 8.42 Å². The molecule has 0 bridgehead atoms. The Morgan fingerprint density at radius 1 is 1.28 bits per heavy atom. The largest absolute Gasteiger partial charge is 0.352 e. The Balaban J connectivity index is 2.60. The van der Waals surface area contributed by atoms with Crippen LogP contribution in [0.4, 0.5) is 0 Å². The van der Waals surface area contributed by atoms with E-state index in [4.69, 9.17) is 5.73 Å². The molecule has 5 nitrogen and oxygen atoms in total. The summed E-state index contributed by atoms with van der Waals surface area (Å²) < 4.78 is 24.0. The van der Waals surface area contributed by atoms with E-state index in [1.165, 1.54) is 13.3 Å². The van der Waals surface area contributed by atoms with Gasteiger partial charge in [0, 0.05) is 12.6 Å². The highest BCUT2D eigenvalue weighted by atomic mass is 32.2. The molecule has 0 heterocycles. The molecular formula is C12H24N2O3S. The molecule has 0 saturated heterocycles. The van der Waals surface area contributed by atoms with Crippen LogP contribution in [0.5, 0.6) is 0 Å². The highest BCUT2D eigenvalue weighted by Crippen LogP contribution is 2.18. The minimum absolute atomic E-state index is 0.0450. The molecule has 0 aliphatic heterocycles. The number of carbonyl (C=O) groups is 1. The van der Waals surface area contributed by atoms with Gasteiger partial charge in [-0.15, -0.1) is 0 Å². The van der Waals surface area contributed by atoms with Crippen LogP contribution in [0.2, 0.25) is 0 Å². The first-order valence-corrected chi connectivity index (χ1v) is 8.23. The lowest BCUT2D eigenvalue weighted by Gasteiger charge is -2.25. The minimum Gasteiger partial charge on any atom is -0.352 e. The Kier molecular flexibility index (Phi) is 5.59. The van der Waals surface area contributed by atoms with Gasteiger partial charge in [0.2, 0.25) is 5.91 Å². The Hall–Kier alpha value is -0.620. The Morgan fingerprint density at radius 3 is 2.33 bits per heavy atom. The monoisotopic (exact) mass is 276 g/mol. The molecule has 0 aromatic carbocycles. The molecule has 1 rings (SSSR count). The van der Waals surface area contributed by atoms with Gasteiger partial charge in [0.15, 0.2) is 9.84 Å². The molecular weight excluding hydrogens is 252 g/mol. The second-order valence-corrected chi connectivity index (χ2v) is 7.81. The smallest absolute Gasteiger partial charge is 0.238 e. The average Bonchev–Trinajstić information content (AvgIpc) is 2.37. The quantitative estimate of drug-likeness (QED) is 0.769. The van der Waals surface area contributed by atoms with E-state index < -0.39 is 20.3 Å². The number of hydrogen-bond donors (Lipinski definition) is 2. The molecule has 18 heavy (non-hydrogen) atoms. The third kappa shape index (κ3) is 3.68. The Morgan fingerprint density at radius 2 is 1.83 bits per heavy atom. The standard InChI is InChI=1S/C12H24N2O3S/c1-9(8-13)18(16,17)10(2)12(15)14-11-6-4-3-5-7-11/h9-11H,3-8,13H2,1-2H3,(H,14,15). The summed E-state index contributed by atoms with van der Waals surface area (Å²) in [5, 5.41) is 1.15. The van der Waals surface area contributed by atoms with Crippen LogP contribution in [0.1, 0.15) is 46.0 Å². The lowest BCUT2D eigenvalue weighted by Crippen LogP contribution is -2.47. The van der Waals surface area contributed by atoms with Crippen LogP contribution >= 0.6 is 0 Å². The van der Waals surface area contributed by atoms with Gasteiger partial charge >= 0.3 is 0 Å². The van der Waals surface area contributed by atoms with Crippen molar-refractivity contribution in [2.24, 2.45) is 5.73 Å². The van der Waals surface area contributed by atoms with Crippen molar-refractivity contribution in [3.8, 4) is 0 Å². The molecule has 2 atom stereocenters. The molecule has 1 amide bonds. The topological polar surface area (TPSA) is 89.3 Å². The summed E-state index contributed by atoms with van der Waals surface area (Å²) in [5.41, 5.74) is 5.37. The molecule has 6 heteroatoms. The van der Waals surface area contributed by atoms with Crippen LogP contribution in [0, 0.1) is 0 Å². The van der Waals surface area contributed by atoms with Gasteiger partial charge in [0.05, 0.1) is 5.25 Å². The summed E-state index contributed by atoms with van der Waals surface area (Å²) in [4.78, 5) is 11.9. The molecule has 106 valence electrons. The fourth-order valence-electron chi connectivity index (χ4n) is 2.20. The van der Waals surface area contributed by atoms with Crippen molar-refractivity contribution < 1.29 is 13.2 Å². The first kappa shape index (κ1) is 15.4. The number of nitrogens with one attached hydrogen (secondary N) is 1. The molecule has 2 unspecified atom stereocenters. The third-order valence-corrected chi connectivity index (χ3v) is 6.22. The van der Waals surface area contributed by atoms with Gasteiger partial charge in [-0.2, -0.15) is 0 Å². The van der Waals surface area contributed by atoms with Crippen LogP contribution in [-0.2, 0) is 14.6 Å². The van der Waals surface area contributed by atoms with E-state index in [1.807, 2.05) is 0 Å². The van der Waals surface area contributed by atoms with E-state index in [9.17, 15) is 13.2 Å². The molecule has 0 aromatic rings. The van der Waals surface area contributed by atoms with Crippen LogP contribution in [0.15, 0.2) is 0 Å². The fraction of sp³-hybridized carbons (Fsp3) is 0.917. The second kappa shape index (κ2) is 6.52. The molecule has 3 N–H and O–H groups in total. The summed E-state index contributed by atoms with van der Waals surface area (Å²) in [6, 6.07) is 0.136. The highest BCUT2D eigenvalue weighted by Gasteiger charge is 2.33. The van der Waals surface area contributed by atoms with Gasteiger partial charge in [-0.1, -0.05) is 19.3 Å². The average molecular weight is 276 g/mol. The number of rotatable bonds is 5. The van der Waals surface area contributed by atoms with Crippen LogP contribution in [0.25, 0.3) is 0 Å². The summed E-state index contributed by atoms with van der Waals surface area (Å²) in [7, 11) is -3.48. The number of carbonyl (C=O) groups excluding carboxylic acids is 1. The molecule has 0 radical (unpaired) electrons. The number of sulfone groups is 1. The van der Waals surface area contributed by atoms with E-state index in [0.29, 0.717) is 0 Å². The van der Waals surface area contributed by atoms with E-state index in [0.717, 1.165) is 25.7 Å². The zero-order chi connectivity index (χ0) is 13.8. The van der Waals surface area contributed by atoms with E-state index in [1.54, 1.807) is 6.92 Å². The van der Waals surface area contributed by atoms with Gasteiger partial charge in [-0.3, -0.25) is 4.79 Å². The van der Waals surface area contributed by atoms with Crippen molar-refractivity contribution in [1.29, 1.82) is 0 Å². The number of amides is 1. The minimum atomic E-state index is -3.48. The van der Waals surface area contributed by atoms with Crippen molar-refractivity contribution in [1.82, 2.24) is 5.32 Å². The molecule has 1 aliphatic carbocycles. The maximum absolute atomic E-state index is 12.0. The Labute approximate surface area is 109 Å². The van der Waals surface area contributed by atoms with Crippen molar-refractivity contribution in [3.05, 3.63) is 0 Å². The predicted molar refractivity (Wildman–Crippen MR) is 71.9 cm³/mol. The maximum atomic E-state index is 12.0. The van der Waals surface area contributed by atoms with Gasteiger partial charge in [0.25, 0.3) is 0 Å². The van der Waals surface area contributed by atoms with Crippen molar-refractivity contribution in [2.45, 2.75) is 62.5 Å². The van der Waals surface area contributed by atoms with Crippen molar-refractivity contribution >= 4 is 15.7 Å². The zero-order valence-electron chi connectivity index (χ0n) is 11.2. The van der Waals surface area contributed by atoms with Gasteiger partial charge < -0.3 is 11.1 Å². The fourth-order valence-corrected chi connectivity index (χ4v) is 3.53. The van der Waals surface area contributed by atoms with E-state index in [-0.39, 0.29) is 18.5 Å². The summed E-state index contributed by atoms with van der Waals surface area (Å²) in [5.74, 6) is -0.387. The highest BCUT2D eigenvalue weighted by molar-refractivity contribution is 7.93. The van der Waals surface area contributed by atoms with Gasteiger partial charge in [0.1, 0.15) is 5.25 Å². The van der Waals surface area contributed by atoms with Crippen LogP contribution < -0.4 is 11.1 Å². The van der Waals surface area contributed by atoms with Crippen molar-refractivity contribution in [2.75, 3.05) is 6.54 Å². The summed E-state index contributed by atoms with van der Waals surface area (Å²) in [6.45, 7) is 3.03. The molecule has 0 aromatic heterocycles. The van der Waals surface area contributed by atoms with Crippen molar-refractivity contribution in [3.63, 3.8) is 0 Å². The molecule has 0 spiro atoms. The molecule has 1 saturated carbocycles. The SMILES string of the molecule is CC(CN)S(=O)(=O)C(C)C(=O)NC1CCCCC1. The lowest BCUT2D eigenvalue weighted by molar-refractivity contribution is -0.121. The molecule has 1 aliphatic rings. The summed E-state index contributed by atoms with van der Waals surface area (Å²) in [6.07, 6.45) is 5.30. The van der Waals surface area contributed by atoms with E-state index >= 15 is 0 Å². The maximum Gasteiger partial charge on any atom is 0.238 e. The first-order valence-electron chi connectivity index (χ1n) is 6.62. The van der Waals surface area contributed by atoms with E-state index in [2.05, 4.69) is 5.32 Å². The normalized spacial score (nSPS) is 21.3. The summed E-state index contributed by atoms with van der Waals surface area (Å²) >= 11 is 0. The molecule has 1 fully saturated rings. The predicted octanol–water partition coefficient (Wildman–Crippen LogP) is 0.586. The zero-order valence-corrected chi connectivity index (χ0v) is 12.0. The second-order valence-electron chi connectivity index (χ2n) is 5.12. The Bertz CT molecular complexity index is 375. The lowest BCUT2D eigenvalue weighted by atomic mass is 9.95. The number of nitrogens with two attached hydrogens (primary N) is 1. The number of hydrogen-bond acceptors (Lipinski definition) is 4.